The zero-order valence-electron chi connectivity index (χ0n) is 11.3. The summed E-state index contributed by atoms with van der Waals surface area (Å²) in [4.78, 5) is 0. The topological polar surface area (TPSA) is 35.2 Å². The van der Waals surface area contributed by atoms with Crippen LogP contribution in [-0.2, 0) is 6.42 Å². The molecule has 2 heteroatoms. The molecule has 1 aromatic carbocycles. The summed E-state index contributed by atoms with van der Waals surface area (Å²) < 4.78 is 5.45. The Hall–Kier alpha value is -1.02. The molecule has 2 N–H and O–H groups in total. The van der Waals surface area contributed by atoms with Crippen molar-refractivity contribution in [2.45, 2.75) is 40.0 Å². The van der Waals surface area contributed by atoms with Crippen molar-refractivity contribution in [3.63, 3.8) is 0 Å². The first-order chi connectivity index (χ1) is 8.19. The van der Waals surface area contributed by atoms with Crippen molar-refractivity contribution >= 4 is 0 Å². The van der Waals surface area contributed by atoms with Gasteiger partial charge in [0.05, 0.1) is 6.61 Å². The van der Waals surface area contributed by atoms with Gasteiger partial charge in [0.1, 0.15) is 5.75 Å². The highest BCUT2D eigenvalue weighted by Gasteiger charge is 2.24. The maximum absolute atomic E-state index is 5.93. The van der Waals surface area contributed by atoms with Gasteiger partial charge in [0.15, 0.2) is 0 Å². The second-order valence-electron chi connectivity index (χ2n) is 4.66. The first kappa shape index (κ1) is 14.0. The SMILES string of the molecule is CCOc1ccc(CC(CC)(CC)CN)cc1. The average Bonchev–Trinajstić information content (AvgIpc) is 2.39. The van der Waals surface area contributed by atoms with Crippen molar-refractivity contribution in [3.8, 4) is 5.75 Å². The monoisotopic (exact) mass is 235 g/mol. The van der Waals surface area contributed by atoms with Crippen molar-refractivity contribution in [2.24, 2.45) is 11.1 Å². The van der Waals surface area contributed by atoms with Gasteiger partial charge in [-0.15, -0.1) is 0 Å². The molecule has 0 saturated heterocycles. The van der Waals surface area contributed by atoms with Crippen LogP contribution in [-0.4, -0.2) is 13.2 Å². The zero-order valence-corrected chi connectivity index (χ0v) is 11.3. The van der Waals surface area contributed by atoms with Crippen molar-refractivity contribution in [1.82, 2.24) is 0 Å². The van der Waals surface area contributed by atoms with Crippen LogP contribution in [0.5, 0.6) is 5.75 Å². The first-order valence-electron chi connectivity index (χ1n) is 6.61. The van der Waals surface area contributed by atoms with Gasteiger partial charge in [0.2, 0.25) is 0 Å². The summed E-state index contributed by atoms with van der Waals surface area (Å²) >= 11 is 0. The second-order valence-corrected chi connectivity index (χ2v) is 4.66. The summed E-state index contributed by atoms with van der Waals surface area (Å²) in [5, 5.41) is 0. The fourth-order valence-electron chi connectivity index (χ4n) is 2.16. The third-order valence-corrected chi connectivity index (χ3v) is 3.75. The number of hydrogen-bond donors (Lipinski definition) is 1. The van der Waals surface area contributed by atoms with Gasteiger partial charge >= 0.3 is 0 Å². The fourth-order valence-corrected chi connectivity index (χ4v) is 2.16. The highest BCUT2D eigenvalue weighted by atomic mass is 16.5. The van der Waals surface area contributed by atoms with E-state index < -0.39 is 0 Å². The average molecular weight is 235 g/mol. The predicted molar refractivity (Wildman–Crippen MR) is 73.4 cm³/mol. The molecule has 0 unspecified atom stereocenters. The normalized spacial score (nSPS) is 11.5. The number of hydrogen-bond acceptors (Lipinski definition) is 2. The molecule has 0 radical (unpaired) electrons. The van der Waals surface area contributed by atoms with E-state index in [0.717, 1.165) is 38.2 Å². The van der Waals surface area contributed by atoms with Crippen molar-refractivity contribution < 1.29 is 4.74 Å². The first-order valence-corrected chi connectivity index (χ1v) is 6.61. The molecule has 2 nitrogen and oxygen atoms in total. The number of nitrogens with two attached hydrogens (primary N) is 1. The highest BCUT2D eigenvalue weighted by molar-refractivity contribution is 5.28. The summed E-state index contributed by atoms with van der Waals surface area (Å²) in [7, 11) is 0. The molecule has 0 fully saturated rings. The summed E-state index contributed by atoms with van der Waals surface area (Å²) in [5.41, 5.74) is 7.54. The van der Waals surface area contributed by atoms with E-state index in [1.165, 1.54) is 5.56 Å². The minimum atomic E-state index is 0.257. The fraction of sp³-hybridized carbons (Fsp3) is 0.600. The van der Waals surface area contributed by atoms with E-state index in [4.69, 9.17) is 10.5 Å². The van der Waals surface area contributed by atoms with E-state index >= 15 is 0 Å². The minimum absolute atomic E-state index is 0.257. The lowest BCUT2D eigenvalue weighted by Crippen LogP contribution is -2.31. The van der Waals surface area contributed by atoms with Crippen LogP contribution in [0.25, 0.3) is 0 Å². The number of rotatable bonds is 7. The highest BCUT2D eigenvalue weighted by Crippen LogP contribution is 2.30. The molecule has 0 aliphatic carbocycles. The lowest BCUT2D eigenvalue weighted by atomic mass is 9.77. The Morgan fingerprint density at radius 3 is 2.06 bits per heavy atom. The molecule has 96 valence electrons. The van der Waals surface area contributed by atoms with E-state index in [1.807, 2.05) is 19.1 Å². The molecular formula is C15H25NO. The van der Waals surface area contributed by atoms with Crippen molar-refractivity contribution in [1.29, 1.82) is 0 Å². The van der Waals surface area contributed by atoms with Crippen LogP contribution in [0.1, 0.15) is 39.2 Å². The zero-order chi connectivity index (χ0) is 12.7. The Morgan fingerprint density at radius 2 is 1.65 bits per heavy atom. The predicted octanol–water partition coefficient (Wildman–Crippen LogP) is 3.39. The van der Waals surface area contributed by atoms with Gasteiger partial charge in [-0.2, -0.15) is 0 Å². The van der Waals surface area contributed by atoms with Crippen LogP contribution in [0.2, 0.25) is 0 Å². The van der Waals surface area contributed by atoms with E-state index in [9.17, 15) is 0 Å². The van der Waals surface area contributed by atoms with Crippen LogP contribution < -0.4 is 10.5 Å². The molecular weight excluding hydrogens is 210 g/mol. The summed E-state index contributed by atoms with van der Waals surface area (Å²) in [5.74, 6) is 0.947. The molecule has 0 bridgehead atoms. The Kier molecular flexibility index (Phi) is 5.49. The number of benzene rings is 1. The Bertz CT molecular complexity index is 306. The largest absolute Gasteiger partial charge is 0.494 e. The van der Waals surface area contributed by atoms with Gasteiger partial charge < -0.3 is 10.5 Å². The van der Waals surface area contributed by atoms with Crippen LogP contribution >= 0.6 is 0 Å². The summed E-state index contributed by atoms with van der Waals surface area (Å²) in [6.45, 7) is 7.93. The van der Waals surface area contributed by atoms with E-state index in [0.29, 0.717) is 0 Å². The van der Waals surface area contributed by atoms with Gasteiger partial charge in [0, 0.05) is 0 Å². The molecule has 1 rings (SSSR count). The van der Waals surface area contributed by atoms with E-state index in [-0.39, 0.29) is 5.41 Å². The molecule has 1 aromatic rings. The van der Waals surface area contributed by atoms with Crippen molar-refractivity contribution in [2.75, 3.05) is 13.2 Å². The number of ether oxygens (including phenoxy) is 1. The molecule has 0 spiro atoms. The van der Waals surface area contributed by atoms with Crippen LogP contribution in [0.15, 0.2) is 24.3 Å². The lowest BCUT2D eigenvalue weighted by Gasteiger charge is -2.30. The van der Waals surface area contributed by atoms with Gasteiger partial charge in [-0.25, -0.2) is 0 Å². The van der Waals surface area contributed by atoms with Crippen LogP contribution in [0.4, 0.5) is 0 Å². The van der Waals surface area contributed by atoms with Gasteiger partial charge in [0.25, 0.3) is 0 Å². The maximum atomic E-state index is 5.93. The van der Waals surface area contributed by atoms with E-state index in [1.54, 1.807) is 0 Å². The van der Waals surface area contributed by atoms with Crippen molar-refractivity contribution in [3.05, 3.63) is 29.8 Å². The molecule has 0 aliphatic heterocycles. The molecule has 0 heterocycles. The van der Waals surface area contributed by atoms with E-state index in [2.05, 4.69) is 26.0 Å². The second kappa shape index (κ2) is 6.65. The van der Waals surface area contributed by atoms with Gasteiger partial charge in [-0.05, 0) is 55.8 Å². The molecule has 0 atom stereocenters. The Labute approximate surface area is 105 Å². The Balaban J connectivity index is 2.73. The molecule has 17 heavy (non-hydrogen) atoms. The Morgan fingerprint density at radius 1 is 1.06 bits per heavy atom. The van der Waals surface area contributed by atoms with Gasteiger partial charge in [-0.1, -0.05) is 26.0 Å². The standard InChI is InChI=1S/C15H25NO/c1-4-15(5-2,12-16)11-13-7-9-14(10-8-13)17-6-3/h7-10H,4-6,11-12,16H2,1-3H3. The maximum Gasteiger partial charge on any atom is 0.119 e. The smallest absolute Gasteiger partial charge is 0.119 e. The summed E-state index contributed by atoms with van der Waals surface area (Å²) in [6.07, 6.45) is 3.32. The molecule has 0 aliphatic rings. The summed E-state index contributed by atoms with van der Waals surface area (Å²) in [6, 6.07) is 8.40. The minimum Gasteiger partial charge on any atom is -0.494 e. The lowest BCUT2D eigenvalue weighted by molar-refractivity contribution is 0.271. The van der Waals surface area contributed by atoms with Gasteiger partial charge in [-0.3, -0.25) is 0 Å². The quantitative estimate of drug-likeness (QED) is 0.786. The van der Waals surface area contributed by atoms with Crippen LogP contribution in [0, 0.1) is 5.41 Å². The third-order valence-electron chi connectivity index (χ3n) is 3.75. The molecule has 0 amide bonds. The molecule has 0 saturated carbocycles. The molecule has 0 aromatic heterocycles. The third kappa shape index (κ3) is 3.74. The van der Waals surface area contributed by atoms with Crippen LogP contribution in [0.3, 0.4) is 0 Å².